The van der Waals surface area contributed by atoms with Crippen molar-refractivity contribution in [3.8, 4) is 0 Å². The largest absolute Gasteiger partial charge is 0.322 e. The van der Waals surface area contributed by atoms with Crippen molar-refractivity contribution in [2.75, 3.05) is 33.7 Å². The van der Waals surface area contributed by atoms with Gasteiger partial charge in [-0.2, -0.15) is 0 Å². The molecule has 1 aromatic rings. The molecule has 1 amide bonds. The van der Waals surface area contributed by atoms with Crippen LogP contribution in [0.5, 0.6) is 0 Å². The molecule has 0 aromatic heterocycles. The predicted molar refractivity (Wildman–Crippen MR) is 78.7 cm³/mol. The fourth-order valence-corrected chi connectivity index (χ4v) is 2.46. The van der Waals surface area contributed by atoms with Crippen LogP contribution in [0.3, 0.4) is 0 Å². The van der Waals surface area contributed by atoms with Crippen molar-refractivity contribution in [1.82, 2.24) is 15.1 Å². The third-order valence-electron chi connectivity index (χ3n) is 3.48. The van der Waals surface area contributed by atoms with Gasteiger partial charge in [0.25, 0.3) is 5.69 Å². The van der Waals surface area contributed by atoms with E-state index in [1.165, 1.54) is 12.1 Å². The van der Waals surface area contributed by atoms with Crippen molar-refractivity contribution in [2.24, 2.45) is 0 Å². The molecule has 0 saturated carbocycles. The van der Waals surface area contributed by atoms with Gasteiger partial charge in [-0.25, -0.2) is 0 Å². The molecule has 1 aliphatic heterocycles. The summed E-state index contributed by atoms with van der Waals surface area (Å²) in [5.74, 6) is 0.0327. The first-order valence-corrected chi connectivity index (χ1v) is 6.91. The lowest BCUT2D eigenvalue weighted by Gasteiger charge is -2.25. The molecule has 1 unspecified atom stereocenters. The topological polar surface area (TPSA) is 78.7 Å². The molecule has 1 aromatic carbocycles. The molecule has 2 rings (SSSR count). The highest BCUT2D eigenvalue weighted by atomic mass is 16.6. The maximum atomic E-state index is 12.0. The Morgan fingerprint density at radius 3 is 2.90 bits per heavy atom. The summed E-state index contributed by atoms with van der Waals surface area (Å²) >= 11 is 0. The van der Waals surface area contributed by atoms with Gasteiger partial charge in [-0.1, -0.05) is 12.1 Å². The van der Waals surface area contributed by atoms with Crippen LogP contribution in [-0.2, 0) is 4.79 Å². The summed E-state index contributed by atoms with van der Waals surface area (Å²) in [6.45, 7) is 1.80. The molecule has 0 aliphatic carbocycles. The molecule has 7 heteroatoms. The Morgan fingerprint density at radius 2 is 2.24 bits per heavy atom. The van der Waals surface area contributed by atoms with Crippen molar-refractivity contribution in [3.05, 3.63) is 39.9 Å². The Morgan fingerprint density at radius 1 is 1.48 bits per heavy atom. The van der Waals surface area contributed by atoms with Gasteiger partial charge < -0.3 is 9.80 Å². The van der Waals surface area contributed by atoms with E-state index in [4.69, 9.17) is 0 Å². The van der Waals surface area contributed by atoms with E-state index in [1.807, 2.05) is 20.2 Å². The number of hydrogen-bond acceptors (Lipinski definition) is 5. The lowest BCUT2D eigenvalue weighted by atomic mass is 10.1. The summed E-state index contributed by atoms with van der Waals surface area (Å²) in [7, 11) is 3.98. The van der Waals surface area contributed by atoms with Crippen molar-refractivity contribution in [2.45, 2.75) is 12.6 Å². The number of nitrogens with zero attached hydrogens (tertiary/aromatic N) is 3. The summed E-state index contributed by atoms with van der Waals surface area (Å²) < 4.78 is 0. The third-order valence-corrected chi connectivity index (χ3v) is 3.48. The number of nitro benzene ring substituents is 1. The Labute approximate surface area is 123 Å². The number of rotatable bonds is 6. The van der Waals surface area contributed by atoms with Crippen LogP contribution in [0.15, 0.2) is 24.3 Å². The van der Waals surface area contributed by atoms with Crippen LogP contribution >= 0.6 is 0 Å². The van der Waals surface area contributed by atoms with Gasteiger partial charge in [0, 0.05) is 18.7 Å². The highest BCUT2D eigenvalue weighted by Gasteiger charge is 2.31. The molecular formula is C14H20N4O3. The molecule has 1 atom stereocenters. The highest BCUT2D eigenvalue weighted by Crippen LogP contribution is 2.25. The summed E-state index contributed by atoms with van der Waals surface area (Å²) in [5.41, 5.74) is 0.793. The van der Waals surface area contributed by atoms with Gasteiger partial charge in [-0.05, 0) is 32.6 Å². The van der Waals surface area contributed by atoms with Crippen molar-refractivity contribution in [1.29, 1.82) is 0 Å². The van der Waals surface area contributed by atoms with E-state index in [0.29, 0.717) is 6.54 Å². The molecule has 21 heavy (non-hydrogen) atoms. The Kier molecular flexibility index (Phi) is 4.87. The van der Waals surface area contributed by atoms with Gasteiger partial charge in [-0.15, -0.1) is 0 Å². The number of non-ortho nitro benzene ring substituents is 1. The zero-order valence-electron chi connectivity index (χ0n) is 12.3. The van der Waals surface area contributed by atoms with E-state index in [9.17, 15) is 14.9 Å². The highest BCUT2D eigenvalue weighted by molar-refractivity contribution is 5.81. The molecule has 1 saturated heterocycles. The van der Waals surface area contributed by atoms with Gasteiger partial charge >= 0.3 is 0 Å². The zero-order valence-corrected chi connectivity index (χ0v) is 12.3. The van der Waals surface area contributed by atoms with Crippen molar-refractivity contribution in [3.63, 3.8) is 0 Å². The van der Waals surface area contributed by atoms with Gasteiger partial charge in [-0.3, -0.25) is 20.2 Å². The smallest absolute Gasteiger partial charge is 0.269 e. The minimum Gasteiger partial charge on any atom is -0.322 e. The molecule has 7 nitrogen and oxygen atoms in total. The van der Waals surface area contributed by atoms with Gasteiger partial charge in [0.15, 0.2) is 0 Å². The van der Waals surface area contributed by atoms with Crippen LogP contribution in [0.2, 0.25) is 0 Å². The number of hydrogen-bond donors (Lipinski definition) is 1. The SMILES string of the molecule is CN(C)CCCN1C(=O)CNC1c1cccc([N+](=O)[O-])c1. The van der Waals surface area contributed by atoms with Crippen LogP contribution in [0, 0.1) is 10.1 Å². The average Bonchev–Trinajstić information content (AvgIpc) is 2.80. The molecule has 1 N–H and O–H groups in total. The van der Waals surface area contributed by atoms with E-state index >= 15 is 0 Å². The molecule has 0 spiro atoms. The molecule has 1 heterocycles. The quantitative estimate of drug-likeness (QED) is 0.624. The summed E-state index contributed by atoms with van der Waals surface area (Å²) in [6.07, 6.45) is 0.589. The molecule has 0 radical (unpaired) electrons. The predicted octanol–water partition coefficient (Wildman–Crippen LogP) is 0.977. The summed E-state index contributed by atoms with van der Waals surface area (Å²) in [6, 6.07) is 6.43. The van der Waals surface area contributed by atoms with Crippen LogP contribution < -0.4 is 5.32 Å². The first-order chi connectivity index (χ1) is 9.99. The summed E-state index contributed by atoms with van der Waals surface area (Å²) in [4.78, 5) is 26.2. The van der Waals surface area contributed by atoms with Gasteiger partial charge in [0.2, 0.25) is 5.91 Å². The van der Waals surface area contributed by atoms with Crippen LogP contribution in [0.4, 0.5) is 5.69 Å². The molecule has 1 aliphatic rings. The number of nitrogens with one attached hydrogen (secondary N) is 1. The Bertz CT molecular complexity index is 533. The van der Waals surface area contributed by atoms with Gasteiger partial charge in [0.1, 0.15) is 6.17 Å². The lowest BCUT2D eigenvalue weighted by molar-refractivity contribution is -0.385. The van der Waals surface area contributed by atoms with Gasteiger partial charge in [0.05, 0.1) is 11.5 Å². The maximum Gasteiger partial charge on any atom is 0.269 e. The monoisotopic (exact) mass is 292 g/mol. The molecule has 1 fully saturated rings. The number of benzene rings is 1. The second kappa shape index (κ2) is 6.64. The fraction of sp³-hybridized carbons (Fsp3) is 0.500. The second-order valence-electron chi connectivity index (χ2n) is 5.38. The summed E-state index contributed by atoms with van der Waals surface area (Å²) in [5, 5.41) is 14.0. The minimum atomic E-state index is -0.420. The number of carbonyl (C=O) groups is 1. The van der Waals surface area contributed by atoms with Crippen LogP contribution in [-0.4, -0.2) is 54.4 Å². The first-order valence-electron chi connectivity index (χ1n) is 6.91. The normalized spacial score (nSPS) is 18.5. The van der Waals surface area contributed by atoms with E-state index in [0.717, 1.165) is 18.5 Å². The van der Waals surface area contributed by atoms with Crippen molar-refractivity contribution < 1.29 is 9.72 Å². The standard InChI is InChI=1S/C14H20N4O3/c1-16(2)7-4-8-17-13(19)10-15-14(17)11-5-3-6-12(9-11)18(20)21/h3,5-6,9,14-15H,4,7-8,10H2,1-2H3. The fourth-order valence-electron chi connectivity index (χ4n) is 2.46. The van der Waals surface area contributed by atoms with Crippen LogP contribution in [0.25, 0.3) is 0 Å². The van der Waals surface area contributed by atoms with Crippen molar-refractivity contribution >= 4 is 11.6 Å². The first kappa shape index (κ1) is 15.4. The van der Waals surface area contributed by atoms with E-state index in [-0.39, 0.29) is 24.3 Å². The average molecular weight is 292 g/mol. The second-order valence-corrected chi connectivity index (χ2v) is 5.38. The minimum absolute atomic E-state index is 0.0327. The Hall–Kier alpha value is -1.99. The number of carbonyl (C=O) groups excluding carboxylic acids is 1. The van der Waals surface area contributed by atoms with Crippen LogP contribution in [0.1, 0.15) is 18.2 Å². The maximum absolute atomic E-state index is 12.0. The van der Waals surface area contributed by atoms with E-state index in [1.54, 1.807) is 11.0 Å². The lowest BCUT2D eigenvalue weighted by Crippen LogP contribution is -2.32. The molecular weight excluding hydrogens is 272 g/mol. The number of amides is 1. The molecule has 114 valence electrons. The Balaban J connectivity index is 2.11. The zero-order chi connectivity index (χ0) is 15.4. The van der Waals surface area contributed by atoms with E-state index < -0.39 is 4.92 Å². The van der Waals surface area contributed by atoms with E-state index in [2.05, 4.69) is 10.2 Å². The third kappa shape index (κ3) is 3.77. The number of nitro groups is 1. The molecule has 0 bridgehead atoms.